The van der Waals surface area contributed by atoms with Gasteiger partial charge in [0.25, 0.3) is 10.4 Å². The van der Waals surface area contributed by atoms with Gasteiger partial charge in [0.1, 0.15) is 5.75 Å². The molecule has 1 saturated carbocycles. The fraction of sp³-hybridized carbons (Fsp3) is 0.619. The molecule has 1 aromatic rings. The Hall–Kier alpha value is -1.27. The average molecular weight is 409 g/mol. The van der Waals surface area contributed by atoms with E-state index < -0.39 is 0 Å². The molecule has 0 saturated heterocycles. The molecule has 2 atom stereocenters. The standard InChI is InChI=1S/C21H32N2O2S2/c1-5-8-15-9-6-7-10-17(15)25-19(27)22-14-21(4)12-16(23-18(24)26)11-20(2,3)13-21/h6-7,9-10,16H,5,8,11-14H2,1-4H3,(H,22,27)(H2,23,24,26). The van der Waals surface area contributed by atoms with Crippen LogP contribution < -0.4 is 15.4 Å². The lowest BCUT2D eigenvalue weighted by Gasteiger charge is -2.46. The monoisotopic (exact) mass is 408 g/mol. The van der Waals surface area contributed by atoms with Gasteiger partial charge in [-0.05, 0) is 60.4 Å². The summed E-state index contributed by atoms with van der Waals surface area (Å²) in [5.41, 5.74) is 1.33. The first-order valence-corrected chi connectivity index (χ1v) is 10.5. The van der Waals surface area contributed by atoms with Gasteiger partial charge in [0.05, 0.1) is 0 Å². The number of carbonyl (C=O) groups excluding carboxylic acids is 1. The van der Waals surface area contributed by atoms with Crippen molar-refractivity contribution in [2.24, 2.45) is 10.8 Å². The first-order valence-electron chi connectivity index (χ1n) is 9.65. The molecule has 0 aliphatic heterocycles. The number of ether oxygens (including phenoxy) is 1. The largest absolute Gasteiger partial charge is 0.432 e. The molecule has 0 bridgehead atoms. The zero-order valence-corrected chi connectivity index (χ0v) is 18.5. The fourth-order valence-corrected chi connectivity index (χ4v) is 4.89. The average Bonchev–Trinajstić information content (AvgIpc) is 2.52. The molecule has 4 nitrogen and oxygen atoms in total. The number of hydrogen-bond acceptors (Lipinski definition) is 3. The molecule has 0 radical (unpaired) electrons. The van der Waals surface area contributed by atoms with E-state index in [0.29, 0.717) is 11.7 Å². The number of thiol groups is 1. The van der Waals surface area contributed by atoms with Gasteiger partial charge in [0.2, 0.25) is 0 Å². The summed E-state index contributed by atoms with van der Waals surface area (Å²) in [6.07, 6.45) is 4.94. The summed E-state index contributed by atoms with van der Waals surface area (Å²) in [5.74, 6) is 0.825. The normalized spacial score (nSPS) is 24.1. The Morgan fingerprint density at radius 1 is 1.30 bits per heavy atom. The van der Waals surface area contributed by atoms with Crippen LogP contribution in [0.25, 0.3) is 0 Å². The van der Waals surface area contributed by atoms with Gasteiger partial charge in [-0.15, -0.1) is 0 Å². The van der Waals surface area contributed by atoms with Gasteiger partial charge >= 0.3 is 0 Å². The molecule has 150 valence electrons. The fourth-order valence-electron chi connectivity index (χ4n) is 4.55. The second-order valence-corrected chi connectivity index (χ2v) is 9.58. The van der Waals surface area contributed by atoms with Crippen molar-refractivity contribution in [2.75, 3.05) is 6.54 Å². The lowest BCUT2D eigenvalue weighted by Crippen LogP contribution is -2.49. The van der Waals surface area contributed by atoms with Crippen molar-refractivity contribution in [1.82, 2.24) is 10.6 Å². The second kappa shape index (κ2) is 9.28. The summed E-state index contributed by atoms with van der Waals surface area (Å²) in [5, 5.41) is 6.41. The summed E-state index contributed by atoms with van der Waals surface area (Å²) in [4.78, 5) is 11.4. The van der Waals surface area contributed by atoms with Crippen LogP contribution in [0.3, 0.4) is 0 Å². The lowest BCUT2D eigenvalue weighted by atomic mass is 9.62. The van der Waals surface area contributed by atoms with Crippen LogP contribution in [0.15, 0.2) is 24.3 Å². The van der Waals surface area contributed by atoms with Crippen LogP contribution in [-0.2, 0) is 6.42 Å². The number of carbonyl (C=O) groups is 1. The Morgan fingerprint density at radius 2 is 2.00 bits per heavy atom. The van der Waals surface area contributed by atoms with E-state index in [1.54, 1.807) is 0 Å². The smallest absolute Gasteiger partial charge is 0.276 e. The molecule has 1 aromatic carbocycles. The van der Waals surface area contributed by atoms with Crippen LogP contribution in [0.2, 0.25) is 0 Å². The first-order chi connectivity index (χ1) is 12.6. The highest BCUT2D eigenvalue weighted by Crippen LogP contribution is 2.45. The van der Waals surface area contributed by atoms with Crippen molar-refractivity contribution in [3.8, 4) is 5.75 Å². The topological polar surface area (TPSA) is 50.4 Å². The summed E-state index contributed by atoms with van der Waals surface area (Å²) >= 11 is 9.32. The minimum absolute atomic E-state index is 0.0129. The van der Waals surface area contributed by atoms with Crippen molar-refractivity contribution < 1.29 is 9.53 Å². The van der Waals surface area contributed by atoms with E-state index in [1.165, 1.54) is 5.56 Å². The molecular weight excluding hydrogens is 376 g/mol. The molecule has 1 fully saturated rings. The minimum Gasteiger partial charge on any atom is -0.432 e. The Bertz CT molecular complexity index is 678. The van der Waals surface area contributed by atoms with Crippen LogP contribution in [0.4, 0.5) is 4.79 Å². The highest BCUT2D eigenvalue weighted by Gasteiger charge is 2.41. The molecule has 0 heterocycles. The van der Waals surface area contributed by atoms with Gasteiger partial charge in [0.15, 0.2) is 0 Å². The van der Waals surface area contributed by atoms with Crippen LogP contribution in [0.5, 0.6) is 5.75 Å². The van der Waals surface area contributed by atoms with Gasteiger partial charge in [-0.25, -0.2) is 0 Å². The molecule has 6 heteroatoms. The lowest BCUT2D eigenvalue weighted by molar-refractivity contribution is 0.0778. The number of aryl methyl sites for hydroxylation is 1. The maximum Gasteiger partial charge on any atom is 0.276 e. The molecule has 2 N–H and O–H groups in total. The highest BCUT2D eigenvalue weighted by atomic mass is 32.1. The quantitative estimate of drug-likeness (QED) is 0.452. The van der Waals surface area contributed by atoms with Crippen LogP contribution >= 0.6 is 24.8 Å². The molecule has 2 rings (SSSR count). The molecule has 0 aromatic heterocycles. The number of thiocarbonyl (C=S) groups is 1. The second-order valence-electron chi connectivity index (χ2n) is 8.81. The maximum atomic E-state index is 11.4. The third-order valence-electron chi connectivity index (χ3n) is 5.13. The predicted molar refractivity (Wildman–Crippen MR) is 119 cm³/mol. The van der Waals surface area contributed by atoms with E-state index in [1.807, 2.05) is 18.2 Å². The van der Waals surface area contributed by atoms with E-state index in [2.05, 4.69) is 57.0 Å². The molecule has 27 heavy (non-hydrogen) atoms. The Morgan fingerprint density at radius 3 is 2.67 bits per heavy atom. The van der Waals surface area contributed by atoms with E-state index >= 15 is 0 Å². The van der Waals surface area contributed by atoms with Gasteiger partial charge in [-0.2, -0.15) is 0 Å². The zero-order valence-electron chi connectivity index (χ0n) is 16.8. The van der Waals surface area contributed by atoms with Crippen molar-refractivity contribution in [3.63, 3.8) is 0 Å². The first kappa shape index (κ1) is 22.0. The number of amides is 1. The van der Waals surface area contributed by atoms with Crippen LogP contribution in [-0.4, -0.2) is 23.0 Å². The van der Waals surface area contributed by atoms with Crippen molar-refractivity contribution in [3.05, 3.63) is 29.8 Å². The number of para-hydroxylation sites is 1. The van der Waals surface area contributed by atoms with Crippen LogP contribution in [0, 0.1) is 10.8 Å². The third-order valence-corrected chi connectivity index (χ3v) is 5.48. The van der Waals surface area contributed by atoms with Gasteiger partial charge in [-0.1, -0.05) is 64.9 Å². The molecular formula is C21H32N2O2S2. The van der Waals surface area contributed by atoms with E-state index in [9.17, 15) is 4.79 Å². The molecule has 1 aliphatic carbocycles. The molecule has 2 unspecified atom stereocenters. The van der Waals surface area contributed by atoms with Crippen LogP contribution in [0.1, 0.15) is 58.9 Å². The van der Waals surface area contributed by atoms with Crippen molar-refractivity contribution in [1.29, 1.82) is 0 Å². The van der Waals surface area contributed by atoms with Crippen molar-refractivity contribution >= 4 is 35.3 Å². The Kier molecular flexibility index (Phi) is 7.57. The molecule has 1 aliphatic rings. The van der Waals surface area contributed by atoms with E-state index in [-0.39, 0.29) is 22.1 Å². The number of hydrogen-bond donors (Lipinski definition) is 3. The maximum absolute atomic E-state index is 11.4. The Labute approximate surface area is 174 Å². The predicted octanol–water partition coefficient (Wildman–Crippen LogP) is 5.12. The third kappa shape index (κ3) is 7.00. The van der Waals surface area contributed by atoms with Gasteiger partial charge in [-0.3, -0.25) is 4.79 Å². The SMILES string of the molecule is CCCc1ccccc1OC(=S)NCC1(C)CC(NC(=O)S)CC(C)(C)C1. The number of rotatable bonds is 6. The Balaban J connectivity index is 1.97. The molecule has 0 spiro atoms. The minimum atomic E-state index is -0.264. The summed E-state index contributed by atoms with van der Waals surface area (Å²) in [6, 6.07) is 8.16. The zero-order chi connectivity index (χ0) is 20.1. The summed E-state index contributed by atoms with van der Waals surface area (Å²) < 4.78 is 5.92. The van der Waals surface area contributed by atoms with Gasteiger partial charge in [0, 0.05) is 12.6 Å². The van der Waals surface area contributed by atoms with E-state index in [0.717, 1.165) is 37.9 Å². The van der Waals surface area contributed by atoms with Crippen molar-refractivity contribution in [2.45, 2.75) is 65.8 Å². The number of nitrogens with one attached hydrogen (secondary N) is 2. The van der Waals surface area contributed by atoms with Gasteiger partial charge < -0.3 is 15.4 Å². The number of benzene rings is 1. The summed E-state index contributed by atoms with van der Waals surface area (Å²) in [7, 11) is 0. The summed E-state index contributed by atoms with van der Waals surface area (Å²) in [6.45, 7) is 9.60. The molecule has 1 amide bonds. The highest BCUT2D eigenvalue weighted by molar-refractivity contribution is 7.96. The van der Waals surface area contributed by atoms with E-state index in [4.69, 9.17) is 17.0 Å².